The molecule has 7 heteroatoms. The van der Waals surface area contributed by atoms with E-state index >= 15 is 0 Å². The number of aryl methyl sites for hydroxylation is 3. The number of nitrogens with zero attached hydrogens (tertiary/aromatic N) is 1. The summed E-state index contributed by atoms with van der Waals surface area (Å²) in [6, 6.07) is 7.71. The van der Waals surface area contributed by atoms with Gasteiger partial charge in [-0.2, -0.15) is 0 Å². The van der Waals surface area contributed by atoms with Gasteiger partial charge in [-0.25, -0.2) is 19.4 Å². The van der Waals surface area contributed by atoms with Crippen LogP contribution in [0.3, 0.4) is 0 Å². The third kappa shape index (κ3) is 4.18. The lowest BCUT2D eigenvalue weighted by Crippen LogP contribution is -2.15. The van der Waals surface area contributed by atoms with Gasteiger partial charge >= 0.3 is 17.6 Å². The first-order valence-corrected chi connectivity index (χ1v) is 9.28. The average molecular weight is 395 g/mol. The lowest BCUT2D eigenvalue weighted by molar-refractivity contribution is 0.0523. The van der Waals surface area contributed by atoms with E-state index in [1.165, 1.54) is 18.2 Å². The fraction of sp³-hybridized carbons (Fsp3) is 0.273. The van der Waals surface area contributed by atoms with Gasteiger partial charge in [0, 0.05) is 17.5 Å². The van der Waals surface area contributed by atoms with Crippen LogP contribution in [0, 0.1) is 13.8 Å². The van der Waals surface area contributed by atoms with Crippen LogP contribution in [-0.4, -0.2) is 23.5 Å². The molecule has 0 amide bonds. The van der Waals surface area contributed by atoms with Crippen LogP contribution in [-0.2, 0) is 11.2 Å². The normalized spacial score (nSPS) is 10.8. The van der Waals surface area contributed by atoms with Crippen molar-refractivity contribution in [1.29, 1.82) is 0 Å². The van der Waals surface area contributed by atoms with Gasteiger partial charge in [0.25, 0.3) is 0 Å². The Labute approximate surface area is 167 Å². The van der Waals surface area contributed by atoms with Gasteiger partial charge in [-0.1, -0.05) is 6.92 Å². The van der Waals surface area contributed by atoms with E-state index in [0.29, 0.717) is 29.0 Å². The zero-order valence-electron chi connectivity index (χ0n) is 16.7. The molecule has 2 aromatic heterocycles. The Kier molecular flexibility index (Phi) is 5.77. The van der Waals surface area contributed by atoms with E-state index in [2.05, 4.69) is 4.98 Å². The summed E-state index contributed by atoms with van der Waals surface area (Å²) >= 11 is 0. The smallest absolute Gasteiger partial charge is 0.362 e. The van der Waals surface area contributed by atoms with Crippen LogP contribution in [0.1, 0.15) is 51.5 Å². The molecule has 150 valence electrons. The third-order valence-electron chi connectivity index (χ3n) is 4.51. The van der Waals surface area contributed by atoms with Crippen molar-refractivity contribution >= 4 is 22.9 Å². The topological polar surface area (TPSA) is 95.7 Å². The minimum Gasteiger partial charge on any atom is -0.462 e. The summed E-state index contributed by atoms with van der Waals surface area (Å²) in [6.07, 6.45) is 0.616. The maximum absolute atomic E-state index is 12.6. The maximum Gasteiger partial charge on any atom is 0.362 e. The molecule has 7 nitrogen and oxygen atoms in total. The van der Waals surface area contributed by atoms with Crippen molar-refractivity contribution in [3.63, 3.8) is 0 Å². The predicted octanol–water partition coefficient (Wildman–Crippen LogP) is 3.76. The number of carbonyl (C=O) groups is 2. The number of benzene rings is 1. The molecule has 0 aliphatic heterocycles. The number of fused-ring (bicyclic) bond motifs is 1. The molecule has 3 rings (SSSR count). The van der Waals surface area contributed by atoms with Crippen LogP contribution in [0.25, 0.3) is 11.0 Å². The van der Waals surface area contributed by atoms with Crippen molar-refractivity contribution in [2.45, 2.75) is 34.1 Å². The summed E-state index contributed by atoms with van der Waals surface area (Å²) in [7, 11) is 0. The van der Waals surface area contributed by atoms with E-state index in [9.17, 15) is 14.4 Å². The molecule has 0 N–H and O–H groups in total. The molecule has 0 atom stereocenters. The van der Waals surface area contributed by atoms with Gasteiger partial charge in [0.15, 0.2) is 0 Å². The van der Waals surface area contributed by atoms with Crippen LogP contribution < -0.4 is 10.4 Å². The van der Waals surface area contributed by atoms with Gasteiger partial charge in [-0.3, -0.25) is 0 Å². The Hall–Kier alpha value is -3.48. The zero-order valence-corrected chi connectivity index (χ0v) is 16.7. The number of pyridine rings is 1. The Balaban J connectivity index is 1.94. The molecule has 0 bridgehead atoms. The highest BCUT2D eigenvalue weighted by atomic mass is 16.5. The van der Waals surface area contributed by atoms with Crippen molar-refractivity contribution in [3.8, 4) is 5.75 Å². The number of rotatable bonds is 5. The van der Waals surface area contributed by atoms with Gasteiger partial charge in [-0.05, 0) is 56.5 Å². The fourth-order valence-electron chi connectivity index (χ4n) is 3.01. The Morgan fingerprint density at radius 3 is 2.48 bits per heavy atom. The highest BCUT2D eigenvalue weighted by Crippen LogP contribution is 2.28. The van der Waals surface area contributed by atoms with Gasteiger partial charge < -0.3 is 13.9 Å². The van der Waals surface area contributed by atoms with Crippen molar-refractivity contribution in [2.24, 2.45) is 0 Å². The summed E-state index contributed by atoms with van der Waals surface area (Å²) in [6.45, 7) is 7.34. The molecule has 0 aliphatic carbocycles. The van der Waals surface area contributed by atoms with Crippen LogP contribution >= 0.6 is 0 Å². The molecule has 0 spiro atoms. The molecule has 0 saturated carbocycles. The monoisotopic (exact) mass is 395 g/mol. The van der Waals surface area contributed by atoms with E-state index in [-0.39, 0.29) is 12.3 Å². The second kappa shape index (κ2) is 8.26. The Morgan fingerprint density at radius 1 is 1.07 bits per heavy atom. The Bertz CT molecular complexity index is 1160. The molecule has 0 radical (unpaired) electrons. The van der Waals surface area contributed by atoms with E-state index in [1.807, 2.05) is 19.9 Å². The molecular formula is C22H21NO6. The predicted molar refractivity (Wildman–Crippen MR) is 106 cm³/mol. The molecule has 0 fully saturated rings. The SMILES string of the molecule is CCOC(=O)c1ccc(C(=O)Oc2cc3oc(=O)cc(C)c3cc2CC)nc1C. The number of aromatic nitrogens is 1. The molecule has 1 aromatic carbocycles. The quantitative estimate of drug-likeness (QED) is 0.369. The molecule has 0 unspecified atom stereocenters. The summed E-state index contributed by atoms with van der Waals surface area (Å²) in [5, 5.41) is 0.786. The van der Waals surface area contributed by atoms with Crippen molar-refractivity contribution in [2.75, 3.05) is 6.61 Å². The number of ether oxygens (including phenoxy) is 2. The fourth-order valence-corrected chi connectivity index (χ4v) is 3.01. The summed E-state index contributed by atoms with van der Waals surface area (Å²) in [5.41, 5.74) is 2.18. The lowest BCUT2D eigenvalue weighted by Gasteiger charge is -2.11. The van der Waals surface area contributed by atoms with Gasteiger partial charge in [-0.15, -0.1) is 0 Å². The highest BCUT2D eigenvalue weighted by molar-refractivity contribution is 5.94. The number of esters is 2. The first kappa shape index (κ1) is 20.3. The minimum atomic E-state index is -0.674. The van der Waals surface area contributed by atoms with Gasteiger partial charge in [0.2, 0.25) is 0 Å². The number of hydrogen-bond donors (Lipinski definition) is 0. The molecule has 0 aliphatic rings. The van der Waals surface area contributed by atoms with E-state index < -0.39 is 17.6 Å². The van der Waals surface area contributed by atoms with Crippen molar-refractivity contribution in [1.82, 2.24) is 4.98 Å². The first-order valence-electron chi connectivity index (χ1n) is 9.28. The van der Waals surface area contributed by atoms with Crippen LogP contribution in [0.2, 0.25) is 0 Å². The van der Waals surface area contributed by atoms with Crippen molar-refractivity contribution < 1.29 is 23.5 Å². The highest BCUT2D eigenvalue weighted by Gasteiger charge is 2.18. The van der Waals surface area contributed by atoms with Crippen LogP contribution in [0.5, 0.6) is 5.75 Å². The molecule has 0 saturated heterocycles. The van der Waals surface area contributed by atoms with Crippen LogP contribution in [0.15, 0.2) is 39.5 Å². The molecule has 2 heterocycles. The van der Waals surface area contributed by atoms with E-state index in [1.54, 1.807) is 19.9 Å². The largest absolute Gasteiger partial charge is 0.462 e. The van der Waals surface area contributed by atoms with Gasteiger partial charge in [0.1, 0.15) is 17.0 Å². The third-order valence-corrected chi connectivity index (χ3v) is 4.51. The van der Waals surface area contributed by atoms with Crippen molar-refractivity contribution in [3.05, 3.63) is 68.8 Å². The molecule has 29 heavy (non-hydrogen) atoms. The summed E-state index contributed by atoms with van der Waals surface area (Å²) in [5.74, 6) is -0.870. The second-order valence-corrected chi connectivity index (χ2v) is 6.50. The van der Waals surface area contributed by atoms with E-state index in [0.717, 1.165) is 16.5 Å². The van der Waals surface area contributed by atoms with E-state index in [4.69, 9.17) is 13.9 Å². The Morgan fingerprint density at radius 2 is 1.83 bits per heavy atom. The summed E-state index contributed by atoms with van der Waals surface area (Å²) in [4.78, 5) is 40.3. The number of hydrogen-bond acceptors (Lipinski definition) is 7. The van der Waals surface area contributed by atoms with Crippen LogP contribution in [0.4, 0.5) is 0 Å². The molecule has 3 aromatic rings. The maximum atomic E-state index is 12.6. The standard InChI is InChI=1S/C22H21NO6/c1-5-14-10-16-12(3)9-20(24)28-19(16)11-18(14)29-22(26)17-8-7-15(13(4)23-17)21(25)27-6-2/h7-11H,5-6H2,1-4H3. The van der Waals surface area contributed by atoms with Gasteiger partial charge in [0.05, 0.1) is 17.9 Å². The average Bonchev–Trinajstić information content (AvgIpc) is 2.67. The lowest BCUT2D eigenvalue weighted by atomic mass is 10.1. The zero-order chi connectivity index (χ0) is 21.1. The summed E-state index contributed by atoms with van der Waals surface area (Å²) < 4.78 is 15.7. The minimum absolute atomic E-state index is 0.0587. The molecular weight excluding hydrogens is 374 g/mol. The first-order chi connectivity index (χ1) is 13.8. The second-order valence-electron chi connectivity index (χ2n) is 6.50. The number of carbonyl (C=O) groups excluding carboxylic acids is 2.